The fourth-order valence-electron chi connectivity index (χ4n) is 2.14. The number of thiazole rings is 1. The maximum absolute atomic E-state index is 11.7. The minimum Gasteiger partial charge on any atom is -0.479 e. The van der Waals surface area contributed by atoms with Gasteiger partial charge in [0.2, 0.25) is 0 Å². The van der Waals surface area contributed by atoms with E-state index in [2.05, 4.69) is 0 Å². The van der Waals surface area contributed by atoms with Crippen LogP contribution in [0.4, 0.5) is 0 Å². The van der Waals surface area contributed by atoms with Gasteiger partial charge >= 0.3 is 10.8 Å². The first-order valence-electron chi connectivity index (χ1n) is 5.07. The van der Waals surface area contributed by atoms with Crippen LogP contribution in [0, 0.1) is 6.92 Å². The zero-order valence-corrected chi connectivity index (χ0v) is 9.75. The number of aliphatic carboxylic acids is 1. The van der Waals surface area contributed by atoms with Gasteiger partial charge in [-0.15, -0.1) is 0 Å². The van der Waals surface area contributed by atoms with Gasteiger partial charge in [-0.3, -0.25) is 9.36 Å². The highest BCUT2D eigenvalue weighted by atomic mass is 32.1. The average Bonchev–Trinajstić information content (AvgIpc) is 2.60. The summed E-state index contributed by atoms with van der Waals surface area (Å²) in [7, 11) is 0. The van der Waals surface area contributed by atoms with Crippen LogP contribution in [0.25, 0.3) is 0 Å². The number of hydrogen-bond donors (Lipinski definition) is 1. The maximum atomic E-state index is 11.7. The molecule has 0 saturated carbocycles. The lowest BCUT2D eigenvalue weighted by Gasteiger charge is -2.34. The lowest BCUT2D eigenvalue weighted by atomic mass is 9.89. The number of carboxylic acids is 1. The van der Waals surface area contributed by atoms with Gasteiger partial charge in [0, 0.05) is 37.1 Å². The number of nitrogens with zero attached hydrogens (tertiary/aromatic N) is 1. The van der Waals surface area contributed by atoms with Gasteiger partial charge in [-0.2, -0.15) is 0 Å². The first-order chi connectivity index (χ1) is 7.58. The smallest absolute Gasteiger partial charge is 0.330 e. The Labute approximate surface area is 96.3 Å². The SMILES string of the molecule is Cc1csc(=O)n1C1(C(=O)O)CCOCC1. The van der Waals surface area contributed by atoms with Crippen LogP contribution in [0.2, 0.25) is 0 Å². The molecule has 1 aliphatic heterocycles. The van der Waals surface area contributed by atoms with E-state index in [1.165, 1.54) is 4.57 Å². The van der Waals surface area contributed by atoms with Crippen LogP contribution in [0.1, 0.15) is 18.5 Å². The minimum atomic E-state index is -1.11. The van der Waals surface area contributed by atoms with Gasteiger partial charge in [0.1, 0.15) is 5.54 Å². The molecule has 1 N–H and O–H groups in total. The molecule has 1 aromatic heterocycles. The highest BCUT2D eigenvalue weighted by molar-refractivity contribution is 7.07. The first-order valence-corrected chi connectivity index (χ1v) is 5.95. The number of carboxylic acid groups (broad SMARTS) is 1. The Bertz CT molecular complexity index is 456. The lowest BCUT2D eigenvalue weighted by Crippen LogP contribution is -2.50. The molecular weight excluding hydrogens is 230 g/mol. The monoisotopic (exact) mass is 243 g/mol. The predicted octanol–water partition coefficient (Wildman–Crippen LogP) is 0.809. The Morgan fingerprint density at radius 1 is 1.56 bits per heavy atom. The second-order valence-corrected chi connectivity index (χ2v) is 4.75. The molecule has 2 heterocycles. The summed E-state index contributed by atoms with van der Waals surface area (Å²) in [6.45, 7) is 2.53. The van der Waals surface area contributed by atoms with Crippen molar-refractivity contribution >= 4 is 17.3 Å². The molecule has 0 amide bonds. The van der Waals surface area contributed by atoms with E-state index in [4.69, 9.17) is 4.74 Å². The third-order valence-corrected chi connectivity index (χ3v) is 3.85. The molecule has 88 valence electrons. The normalized spacial score (nSPS) is 19.6. The standard InChI is InChI=1S/C10H13NO4S/c1-7-6-16-9(14)11(7)10(8(12)13)2-4-15-5-3-10/h6H,2-5H2,1H3,(H,12,13). The first kappa shape index (κ1) is 11.3. The van der Waals surface area contributed by atoms with Crippen LogP contribution < -0.4 is 4.87 Å². The summed E-state index contributed by atoms with van der Waals surface area (Å²) in [6.07, 6.45) is 0.694. The van der Waals surface area contributed by atoms with Crippen molar-refractivity contribution in [3.8, 4) is 0 Å². The summed E-state index contributed by atoms with van der Waals surface area (Å²) in [5, 5.41) is 11.1. The molecule has 6 heteroatoms. The number of carbonyl (C=O) groups is 1. The fourth-order valence-corrected chi connectivity index (χ4v) is 2.94. The van der Waals surface area contributed by atoms with Crippen LogP contribution in [0.15, 0.2) is 10.2 Å². The van der Waals surface area contributed by atoms with Gasteiger partial charge in [0.05, 0.1) is 0 Å². The molecule has 1 aliphatic rings. The second kappa shape index (κ2) is 4.03. The summed E-state index contributed by atoms with van der Waals surface area (Å²) in [5.74, 6) is -0.945. The van der Waals surface area contributed by atoms with Gasteiger partial charge in [-0.1, -0.05) is 11.3 Å². The molecule has 1 fully saturated rings. The topological polar surface area (TPSA) is 68.5 Å². The van der Waals surface area contributed by atoms with Gasteiger partial charge in [-0.05, 0) is 6.92 Å². The molecule has 16 heavy (non-hydrogen) atoms. The van der Waals surface area contributed by atoms with E-state index < -0.39 is 11.5 Å². The van der Waals surface area contributed by atoms with Crippen molar-refractivity contribution in [2.45, 2.75) is 25.3 Å². The third-order valence-electron chi connectivity index (χ3n) is 3.01. The number of rotatable bonds is 2. The highest BCUT2D eigenvalue weighted by Crippen LogP contribution is 2.30. The number of hydrogen-bond acceptors (Lipinski definition) is 4. The molecular formula is C10H13NO4S. The molecule has 0 bridgehead atoms. The van der Waals surface area contributed by atoms with Gasteiger partial charge < -0.3 is 9.84 Å². The van der Waals surface area contributed by atoms with Crippen molar-refractivity contribution in [3.05, 3.63) is 20.7 Å². The summed E-state index contributed by atoms with van der Waals surface area (Å²) < 4.78 is 6.58. The summed E-state index contributed by atoms with van der Waals surface area (Å²) in [6, 6.07) is 0. The molecule has 0 radical (unpaired) electrons. The zero-order valence-electron chi connectivity index (χ0n) is 8.93. The van der Waals surface area contributed by atoms with Crippen molar-refractivity contribution in [1.82, 2.24) is 4.57 Å². The molecule has 0 spiro atoms. The number of aryl methyl sites for hydroxylation is 1. The van der Waals surface area contributed by atoms with Gasteiger partial charge in [0.15, 0.2) is 0 Å². The van der Waals surface area contributed by atoms with Crippen LogP contribution >= 0.6 is 11.3 Å². The Morgan fingerprint density at radius 2 is 2.19 bits per heavy atom. The molecule has 0 atom stereocenters. The van der Waals surface area contributed by atoms with E-state index in [0.717, 1.165) is 11.3 Å². The van der Waals surface area contributed by atoms with Crippen molar-refractivity contribution < 1.29 is 14.6 Å². The van der Waals surface area contributed by atoms with Gasteiger partial charge in [-0.25, -0.2) is 4.79 Å². The van der Waals surface area contributed by atoms with Crippen LogP contribution in [-0.2, 0) is 15.1 Å². The predicted molar refractivity (Wildman–Crippen MR) is 59.0 cm³/mol. The van der Waals surface area contributed by atoms with Crippen LogP contribution in [0.3, 0.4) is 0 Å². The van der Waals surface area contributed by atoms with E-state index in [9.17, 15) is 14.7 Å². The van der Waals surface area contributed by atoms with Crippen molar-refractivity contribution in [1.29, 1.82) is 0 Å². The molecule has 2 rings (SSSR count). The van der Waals surface area contributed by atoms with E-state index >= 15 is 0 Å². The Balaban J connectivity index is 2.55. The Kier molecular flexibility index (Phi) is 2.86. The van der Waals surface area contributed by atoms with E-state index in [1.54, 1.807) is 12.3 Å². The third kappa shape index (κ3) is 1.58. The highest BCUT2D eigenvalue weighted by Gasteiger charge is 2.43. The quantitative estimate of drug-likeness (QED) is 0.834. The van der Waals surface area contributed by atoms with Crippen LogP contribution in [-0.4, -0.2) is 28.9 Å². The van der Waals surface area contributed by atoms with E-state index in [0.29, 0.717) is 31.7 Å². The molecule has 1 saturated heterocycles. The molecule has 1 aromatic rings. The molecule has 0 aromatic carbocycles. The van der Waals surface area contributed by atoms with E-state index in [-0.39, 0.29) is 4.87 Å². The van der Waals surface area contributed by atoms with Crippen LogP contribution in [0.5, 0.6) is 0 Å². The molecule has 0 unspecified atom stereocenters. The molecule has 5 nitrogen and oxygen atoms in total. The Morgan fingerprint density at radius 3 is 2.62 bits per heavy atom. The average molecular weight is 243 g/mol. The minimum absolute atomic E-state index is 0.207. The molecule has 0 aliphatic carbocycles. The second-order valence-electron chi connectivity index (χ2n) is 3.93. The summed E-state index contributed by atoms with van der Waals surface area (Å²) in [5.41, 5.74) is -0.404. The fraction of sp³-hybridized carbons (Fsp3) is 0.600. The van der Waals surface area contributed by atoms with Crippen molar-refractivity contribution in [3.63, 3.8) is 0 Å². The largest absolute Gasteiger partial charge is 0.479 e. The summed E-state index contributed by atoms with van der Waals surface area (Å²) >= 11 is 1.04. The van der Waals surface area contributed by atoms with E-state index in [1.807, 2.05) is 0 Å². The maximum Gasteiger partial charge on any atom is 0.330 e. The lowest BCUT2D eigenvalue weighted by molar-refractivity contribution is -0.153. The Hall–Kier alpha value is -1.14. The zero-order chi connectivity index (χ0) is 11.8. The van der Waals surface area contributed by atoms with Crippen molar-refractivity contribution in [2.75, 3.05) is 13.2 Å². The van der Waals surface area contributed by atoms with Gasteiger partial charge in [0.25, 0.3) is 0 Å². The number of aromatic nitrogens is 1. The van der Waals surface area contributed by atoms with Crippen molar-refractivity contribution in [2.24, 2.45) is 0 Å². The number of ether oxygens (including phenoxy) is 1. The summed E-state index contributed by atoms with van der Waals surface area (Å²) in [4.78, 5) is 23.0.